The summed E-state index contributed by atoms with van der Waals surface area (Å²) in [4.78, 5) is 0. The molecule has 0 spiro atoms. The number of halogens is 3. The van der Waals surface area contributed by atoms with Crippen LogP contribution in [0.4, 0.5) is 8.78 Å². The zero-order valence-electron chi connectivity index (χ0n) is 11.4. The lowest BCUT2D eigenvalue weighted by atomic mass is 9.97. The van der Waals surface area contributed by atoms with Gasteiger partial charge in [0.15, 0.2) is 0 Å². The van der Waals surface area contributed by atoms with Crippen molar-refractivity contribution in [1.29, 1.82) is 0 Å². The van der Waals surface area contributed by atoms with Gasteiger partial charge in [-0.25, -0.2) is 8.78 Å². The van der Waals surface area contributed by atoms with Crippen molar-refractivity contribution in [3.05, 3.63) is 69.7 Å². The molecule has 0 fully saturated rings. The highest BCUT2D eigenvalue weighted by atomic mass is 35.5. The van der Waals surface area contributed by atoms with Crippen LogP contribution in [-0.4, -0.2) is 6.54 Å². The van der Waals surface area contributed by atoms with Gasteiger partial charge < -0.3 is 5.32 Å². The van der Waals surface area contributed by atoms with Gasteiger partial charge in [0.25, 0.3) is 0 Å². The summed E-state index contributed by atoms with van der Waals surface area (Å²) in [6.07, 6.45) is 0. The third-order valence-corrected chi connectivity index (χ3v) is 3.42. The molecule has 20 heavy (non-hydrogen) atoms. The second-order valence-electron chi connectivity index (χ2n) is 4.72. The number of hydrogen-bond donors (Lipinski definition) is 1. The van der Waals surface area contributed by atoms with Crippen molar-refractivity contribution in [1.82, 2.24) is 5.32 Å². The highest BCUT2D eigenvalue weighted by molar-refractivity contribution is 6.31. The summed E-state index contributed by atoms with van der Waals surface area (Å²) in [6.45, 7) is 4.42. The van der Waals surface area contributed by atoms with E-state index in [4.69, 9.17) is 11.6 Å². The van der Waals surface area contributed by atoms with Gasteiger partial charge in [-0.1, -0.05) is 24.6 Å². The van der Waals surface area contributed by atoms with E-state index in [1.54, 1.807) is 0 Å². The fourth-order valence-electron chi connectivity index (χ4n) is 2.28. The lowest BCUT2D eigenvalue weighted by Gasteiger charge is -2.21. The number of benzene rings is 2. The Labute approximate surface area is 122 Å². The zero-order valence-corrected chi connectivity index (χ0v) is 12.1. The summed E-state index contributed by atoms with van der Waals surface area (Å²) in [5, 5.41) is 3.68. The highest BCUT2D eigenvalue weighted by Gasteiger charge is 2.18. The molecule has 0 radical (unpaired) electrons. The topological polar surface area (TPSA) is 12.0 Å². The Kier molecular flexibility index (Phi) is 4.73. The van der Waals surface area contributed by atoms with E-state index in [1.807, 2.05) is 19.9 Å². The lowest BCUT2D eigenvalue weighted by molar-refractivity contribution is 0.592. The molecular weight excluding hydrogens is 280 g/mol. The molecule has 1 unspecified atom stereocenters. The van der Waals surface area contributed by atoms with Crippen LogP contribution in [0, 0.1) is 18.6 Å². The molecule has 0 heterocycles. The monoisotopic (exact) mass is 295 g/mol. The molecule has 0 saturated carbocycles. The molecule has 0 bridgehead atoms. The van der Waals surface area contributed by atoms with Crippen LogP contribution < -0.4 is 5.32 Å². The molecular formula is C16H16ClF2N. The van der Waals surface area contributed by atoms with Gasteiger partial charge in [0.1, 0.15) is 11.6 Å². The van der Waals surface area contributed by atoms with E-state index in [9.17, 15) is 8.78 Å². The van der Waals surface area contributed by atoms with Crippen molar-refractivity contribution >= 4 is 11.6 Å². The Morgan fingerprint density at radius 2 is 1.85 bits per heavy atom. The maximum atomic E-state index is 13.6. The molecule has 0 aliphatic heterocycles. The van der Waals surface area contributed by atoms with Gasteiger partial charge in [-0.15, -0.1) is 0 Å². The maximum absolute atomic E-state index is 13.6. The standard InChI is InChI=1S/C16H16ClF2N/c1-3-20-16(11-6-10(2)7-13(19)8-11)14-9-12(18)4-5-15(14)17/h4-9,16,20H,3H2,1-2H3. The van der Waals surface area contributed by atoms with Crippen LogP contribution in [0.2, 0.25) is 5.02 Å². The number of aryl methyl sites for hydroxylation is 1. The summed E-state index contributed by atoms with van der Waals surface area (Å²) in [7, 11) is 0. The van der Waals surface area contributed by atoms with E-state index >= 15 is 0 Å². The second-order valence-corrected chi connectivity index (χ2v) is 5.13. The van der Waals surface area contributed by atoms with Crippen LogP contribution >= 0.6 is 11.6 Å². The molecule has 0 aromatic heterocycles. The molecule has 0 aliphatic carbocycles. The van der Waals surface area contributed by atoms with Crippen molar-refractivity contribution in [2.75, 3.05) is 6.54 Å². The van der Waals surface area contributed by atoms with Crippen molar-refractivity contribution in [3.63, 3.8) is 0 Å². The smallest absolute Gasteiger partial charge is 0.123 e. The Balaban J connectivity index is 2.52. The summed E-state index contributed by atoms with van der Waals surface area (Å²) in [5.74, 6) is -0.671. The number of rotatable bonds is 4. The van der Waals surface area contributed by atoms with Gasteiger partial charge in [0.2, 0.25) is 0 Å². The summed E-state index contributed by atoms with van der Waals surface area (Å²) >= 11 is 6.16. The van der Waals surface area contributed by atoms with Crippen LogP contribution in [0.3, 0.4) is 0 Å². The van der Waals surface area contributed by atoms with Crippen molar-refractivity contribution in [2.24, 2.45) is 0 Å². The molecule has 2 rings (SSSR count). The molecule has 2 aromatic carbocycles. The minimum Gasteiger partial charge on any atom is -0.306 e. The maximum Gasteiger partial charge on any atom is 0.123 e. The van der Waals surface area contributed by atoms with Gasteiger partial charge in [0.05, 0.1) is 6.04 Å². The minimum atomic E-state index is -0.361. The second kappa shape index (κ2) is 6.33. The van der Waals surface area contributed by atoms with Crippen LogP contribution in [0.15, 0.2) is 36.4 Å². The Hall–Kier alpha value is -1.45. The zero-order chi connectivity index (χ0) is 14.7. The quantitative estimate of drug-likeness (QED) is 0.867. The fourth-order valence-corrected chi connectivity index (χ4v) is 2.51. The van der Waals surface area contributed by atoms with E-state index < -0.39 is 0 Å². The predicted octanol–water partition coefficient (Wildman–Crippen LogP) is 4.63. The molecule has 4 heteroatoms. The third kappa shape index (κ3) is 3.35. The first-order valence-electron chi connectivity index (χ1n) is 6.46. The molecule has 2 aromatic rings. The van der Waals surface area contributed by atoms with Gasteiger partial charge >= 0.3 is 0 Å². The molecule has 0 aliphatic rings. The minimum absolute atomic E-state index is 0.310. The van der Waals surface area contributed by atoms with Gasteiger partial charge in [0, 0.05) is 5.02 Å². The van der Waals surface area contributed by atoms with E-state index in [2.05, 4.69) is 5.32 Å². The SMILES string of the molecule is CCNC(c1cc(C)cc(F)c1)c1cc(F)ccc1Cl. The van der Waals surface area contributed by atoms with Gasteiger partial charge in [-0.3, -0.25) is 0 Å². The first-order valence-corrected chi connectivity index (χ1v) is 6.84. The Morgan fingerprint density at radius 3 is 2.50 bits per heavy atom. The third-order valence-electron chi connectivity index (χ3n) is 3.08. The fraction of sp³-hybridized carbons (Fsp3) is 0.250. The average molecular weight is 296 g/mol. The first-order chi connectivity index (χ1) is 9.51. The Bertz CT molecular complexity index is 593. The lowest BCUT2D eigenvalue weighted by Crippen LogP contribution is -2.22. The average Bonchev–Trinajstić information content (AvgIpc) is 2.38. The molecule has 106 valence electrons. The number of nitrogens with one attached hydrogen (secondary N) is 1. The van der Waals surface area contributed by atoms with E-state index in [1.165, 1.54) is 30.3 Å². The van der Waals surface area contributed by atoms with Crippen LogP contribution in [-0.2, 0) is 0 Å². The van der Waals surface area contributed by atoms with Crippen molar-refractivity contribution in [3.8, 4) is 0 Å². The molecule has 0 saturated heterocycles. The Morgan fingerprint density at radius 1 is 1.10 bits per heavy atom. The van der Waals surface area contributed by atoms with E-state index in [-0.39, 0.29) is 17.7 Å². The number of hydrogen-bond acceptors (Lipinski definition) is 1. The first kappa shape index (κ1) is 14.9. The van der Waals surface area contributed by atoms with Gasteiger partial charge in [-0.05, 0) is 60.5 Å². The molecule has 1 nitrogen and oxygen atoms in total. The summed E-state index contributed by atoms with van der Waals surface area (Å²) in [6, 6.07) is 8.65. The van der Waals surface area contributed by atoms with E-state index in [0.717, 1.165) is 11.1 Å². The van der Waals surface area contributed by atoms with E-state index in [0.29, 0.717) is 17.1 Å². The molecule has 1 atom stereocenters. The molecule has 0 amide bonds. The van der Waals surface area contributed by atoms with Gasteiger partial charge in [-0.2, -0.15) is 0 Å². The highest BCUT2D eigenvalue weighted by Crippen LogP contribution is 2.30. The van der Waals surface area contributed by atoms with Crippen LogP contribution in [0.5, 0.6) is 0 Å². The summed E-state index contributed by atoms with van der Waals surface area (Å²) in [5.41, 5.74) is 2.16. The molecule has 1 N–H and O–H groups in total. The van der Waals surface area contributed by atoms with Crippen molar-refractivity contribution < 1.29 is 8.78 Å². The van der Waals surface area contributed by atoms with Crippen LogP contribution in [0.1, 0.15) is 29.7 Å². The normalized spacial score (nSPS) is 12.4. The van der Waals surface area contributed by atoms with Crippen molar-refractivity contribution in [2.45, 2.75) is 19.9 Å². The largest absolute Gasteiger partial charge is 0.306 e. The predicted molar refractivity (Wildman–Crippen MR) is 78.1 cm³/mol. The van der Waals surface area contributed by atoms with Crippen LogP contribution in [0.25, 0.3) is 0 Å². The summed E-state index contributed by atoms with van der Waals surface area (Å²) < 4.78 is 27.1.